The van der Waals surface area contributed by atoms with Gasteiger partial charge in [-0.05, 0) is 19.8 Å². The molecule has 1 aliphatic heterocycles. The van der Waals surface area contributed by atoms with Crippen LogP contribution in [0.25, 0.3) is 0 Å². The molecule has 4 nitrogen and oxygen atoms in total. The van der Waals surface area contributed by atoms with E-state index in [4.69, 9.17) is 0 Å². The molecular formula is C12H24N2O2S. The first-order valence-corrected chi connectivity index (χ1v) is 8.02. The van der Waals surface area contributed by atoms with E-state index in [-0.39, 0.29) is 23.4 Å². The number of hydrogen-bond acceptors (Lipinski definition) is 3. The van der Waals surface area contributed by atoms with Crippen LogP contribution in [0.1, 0.15) is 40.0 Å². The molecule has 0 aliphatic carbocycles. The summed E-state index contributed by atoms with van der Waals surface area (Å²) in [6.45, 7) is 6.68. The van der Waals surface area contributed by atoms with Crippen LogP contribution in [0, 0.1) is 0 Å². The summed E-state index contributed by atoms with van der Waals surface area (Å²) in [5.41, 5.74) is 0. The van der Waals surface area contributed by atoms with Crippen LogP contribution in [0.2, 0.25) is 0 Å². The number of carbonyl (C=O) groups is 1. The summed E-state index contributed by atoms with van der Waals surface area (Å²) in [5, 5.41) is 3.40. The van der Waals surface area contributed by atoms with Crippen molar-refractivity contribution < 1.29 is 9.00 Å². The third-order valence-corrected chi connectivity index (χ3v) is 4.62. The van der Waals surface area contributed by atoms with E-state index in [1.165, 1.54) is 0 Å². The van der Waals surface area contributed by atoms with Crippen LogP contribution >= 0.6 is 0 Å². The van der Waals surface area contributed by atoms with Crippen molar-refractivity contribution in [3.8, 4) is 0 Å². The largest absolute Gasteiger partial charge is 0.325 e. The maximum absolute atomic E-state index is 12.2. The highest BCUT2D eigenvalue weighted by Gasteiger charge is 2.37. The van der Waals surface area contributed by atoms with Gasteiger partial charge in [-0.1, -0.05) is 20.3 Å². The van der Waals surface area contributed by atoms with Crippen LogP contribution in [-0.2, 0) is 15.6 Å². The van der Waals surface area contributed by atoms with Crippen molar-refractivity contribution in [1.29, 1.82) is 0 Å². The van der Waals surface area contributed by atoms with E-state index in [1.54, 1.807) is 6.26 Å². The first-order valence-electron chi connectivity index (χ1n) is 6.40. The van der Waals surface area contributed by atoms with Gasteiger partial charge in [0.1, 0.15) is 0 Å². The van der Waals surface area contributed by atoms with Crippen LogP contribution in [0.5, 0.6) is 0 Å². The Balaban J connectivity index is 2.68. The molecule has 17 heavy (non-hydrogen) atoms. The normalized spacial score (nSPS) is 28.5. The standard InChI is InChI=1S/C12H24N2O2S/c1-5-7-10-12(15)14(11(6-2)13-10)8-9(3)17(4)16/h9-11,13H,5-8H2,1-4H3. The highest BCUT2D eigenvalue weighted by molar-refractivity contribution is 7.84. The third-order valence-electron chi connectivity index (χ3n) is 3.34. The predicted molar refractivity (Wildman–Crippen MR) is 71.2 cm³/mol. The second-order valence-corrected chi connectivity index (χ2v) is 6.53. The summed E-state index contributed by atoms with van der Waals surface area (Å²) in [4.78, 5) is 14.1. The predicted octanol–water partition coefficient (Wildman–Crippen LogP) is 1.09. The van der Waals surface area contributed by atoms with Crippen LogP contribution in [0.4, 0.5) is 0 Å². The molecule has 1 N–H and O–H groups in total. The van der Waals surface area contributed by atoms with Gasteiger partial charge in [0.25, 0.3) is 0 Å². The molecule has 5 heteroatoms. The van der Waals surface area contributed by atoms with E-state index in [0.29, 0.717) is 6.54 Å². The molecule has 0 aromatic rings. The molecule has 1 saturated heterocycles. The summed E-state index contributed by atoms with van der Waals surface area (Å²) in [7, 11) is -0.875. The number of hydrogen-bond donors (Lipinski definition) is 1. The molecule has 1 rings (SSSR count). The molecule has 0 aromatic carbocycles. The minimum atomic E-state index is -0.875. The zero-order valence-corrected chi connectivity index (χ0v) is 12.0. The van der Waals surface area contributed by atoms with Gasteiger partial charge in [-0.25, -0.2) is 0 Å². The molecule has 1 aliphatic rings. The quantitative estimate of drug-likeness (QED) is 0.778. The molecule has 1 heterocycles. The third kappa shape index (κ3) is 3.52. The zero-order chi connectivity index (χ0) is 13.0. The Morgan fingerprint density at radius 3 is 2.59 bits per heavy atom. The van der Waals surface area contributed by atoms with Crippen LogP contribution in [-0.4, -0.2) is 45.3 Å². The number of nitrogens with zero attached hydrogens (tertiary/aromatic N) is 1. The molecule has 1 amide bonds. The van der Waals surface area contributed by atoms with Gasteiger partial charge in [-0.15, -0.1) is 0 Å². The number of rotatable bonds is 6. The molecule has 0 radical (unpaired) electrons. The van der Waals surface area contributed by atoms with Gasteiger partial charge >= 0.3 is 0 Å². The minimum Gasteiger partial charge on any atom is -0.325 e. The lowest BCUT2D eigenvalue weighted by Gasteiger charge is -2.25. The highest BCUT2D eigenvalue weighted by Crippen LogP contribution is 2.17. The Kier molecular flexibility index (Phi) is 5.59. The summed E-state index contributed by atoms with van der Waals surface area (Å²) < 4.78 is 11.4. The zero-order valence-electron chi connectivity index (χ0n) is 11.2. The SMILES string of the molecule is CCCC1NC(CC)N(CC(C)S(C)=O)C1=O. The van der Waals surface area contributed by atoms with Gasteiger partial charge in [0, 0.05) is 28.9 Å². The van der Waals surface area contributed by atoms with E-state index in [1.807, 2.05) is 11.8 Å². The van der Waals surface area contributed by atoms with Crippen molar-refractivity contribution in [3.05, 3.63) is 0 Å². The fourth-order valence-corrected chi connectivity index (χ4v) is 2.55. The van der Waals surface area contributed by atoms with Crippen molar-refractivity contribution in [1.82, 2.24) is 10.2 Å². The van der Waals surface area contributed by atoms with Gasteiger partial charge in [0.15, 0.2) is 0 Å². The molecule has 0 aromatic heterocycles. The molecule has 4 unspecified atom stereocenters. The van der Waals surface area contributed by atoms with E-state index >= 15 is 0 Å². The monoisotopic (exact) mass is 260 g/mol. The molecule has 0 saturated carbocycles. The molecular weight excluding hydrogens is 236 g/mol. The summed E-state index contributed by atoms with van der Waals surface area (Å²) in [5.74, 6) is 0.177. The second-order valence-electron chi connectivity index (χ2n) is 4.73. The molecule has 1 fully saturated rings. The van der Waals surface area contributed by atoms with Gasteiger partial charge in [0.2, 0.25) is 5.91 Å². The van der Waals surface area contributed by atoms with Crippen LogP contribution < -0.4 is 5.32 Å². The first kappa shape index (κ1) is 14.6. The van der Waals surface area contributed by atoms with Crippen molar-refractivity contribution in [2.24, 2.45) is 0 Å². The number of nitrogens with one attached hydrogen (secondary N) is 1. The van der Waals surface area contributed by atoms with Crippen molar-refractivity contribution in [2.45, 2.75) is 57.5 Å². The highest BCUT2D eigenvalue weighted by atomic mass is 32.2. The summed E-state index contributed by atoms with van der Waals surface area (Å²) in [6, 6.07) is -0.0394. The average molecular weight is 260 g/mol. The van der Waals surface area contributed by atoms with E-state index in [2.05, 4.69) is 19.2 Å². The fourth-order valence-electron chi connectivity index (χ4n) is 2.18. The lowest BCUT2D eigenvalue weighted by molar-refractivity contribution is -0.130. The van der Waals surface area contributed by atoms with Gasteiger partial charge < -0.3 is 4.90 Å². The van der Waals surface area contributed by atoms with Crippen molar-refractivity contribution >= 4 is 16.7 Å². The molecule has 0 spiro atoms. The summed E-state index contributed by atoms with van der Waals surface area (Å²) >= 11 is 0. The van der Waals surface area contributed by atoms with Crippen LogP contribution in [0.15, 0.2) is 0 Å². The molecule has 0 bridgehead atoms. The maximum atomic E-state index is 12.2. The Bertz CT molecular complexity index is 296. The van der Waals surface area contributed by atoms with E-state index in [9.17, 15) is 9.00 Å². The Hall–Kier alpha value is -0.420. The molecule has 4 atom stereocenters. The smallest absolute Gasteiger partial charge is 0.241 e. The number of carbonyl (C=O) groups excluding carboxylic acids is 1. The molecule has 100 valence electrons. The summed E-state index contributed by atoms with van der Waals surface area (Å²) in [6.07, 6.45) is 4.60. The first-order chi connectivity index (χ1) is 8.01. The van der Waals surface area contributed by atoms with Gasteiger partial charge in [-0.3, -0.25) is 14.3 Å². The fraction of sp³-hybridized carbons (Fsp3) is 0.917. The number of amides is 1. The van der Waals surface area contributed by atoms with E-state index in [0.717, 1.165) is 19.3 Å². The average Bonchev–Trinajstić information content (AvgIpc) is 2.57. The van der Waals surface area contributed by atoms with Gasteiger partial charge in [-0.2, -0.15) is 0 Å². The van der Waals surface area contributed by atoms with Crippen LogP contribution in [0.3, 0.4) is 0 Å². The van der Waals surface area contributed by atoms with Crippen molar-refractivity contribution in [2.75, 3.05) is 12.8 Å². The Morgan fingerprint density at radius 2 is 2.12 bits per heavy atom. The van der Waals surface area contributed by atoms with Crippen molar-refractivity contribution in [3.63, 3.8) is 0 Å². The lowest BCUT2D eigenvalue weighted by atomic mass is 10.2. The lowest BCUT2D eigenvalue weighted by Crippen LogP contribution is -2.41. The second kappa shape index (κ2) is 6.50. The Labute approximate surface area is 107 Å². The Morgan fingerprint density at radius 1 is 1.47 bits per heavy atom. The van der Waals surface area contributed by atoms with E-state index < -0.39 is 10.8 Å². The maximum Gasteiger partial charge on any atom is 0.241 e. The minimum absolute atomic E-state index is 0.0372. The van der Waals surface area contributed by atoms with Gasteiger partial charge in [0.05, 0.1) is 12.2 Å². The topological polar surface area (TPSA) is 49.4 Å².